The fourth-order valence-electron chi connectivity index (χ4n) is 2.50. The van der Waals surface area contributed by atoms with Crippen molar-refractivity contribution in [3.63, 3.8) is 0 Å². The predicted molar refractivity (Wildman–Crippen MR) is 80.7 cm³/mol. The molecule has 0 spiro atoms. The highest BCUT2D eigenvalue weighted by Gasteiger charge is 2.12. The Kier molecular flexibility index (Phi) is 4.20. The summed E-state index contributed by atoms with van der Waals surface area (Å²) in [4.78, 5) is 8.32. The highest BCUT2D eigenvalue weighted by molar-refractivity contribution is 6.16. The molecule has 3 aromatic rings. The maximum absolute atomic E-state index is 13.8. The molecule has 0 bridgehead atoms. The molecule has 1 aromatic carbocycles. The van der Waals surface area contributed by atoms with E-state index in [1.165, 1.54) is 6.07 Å². The minimum absolute atomic E-state index is 0.287. The molecule has 2 aromatic heterocycles. The average Bonchev–Trinajstić information content (AvgIpc) is 3.12. The van der Waals surface area contributed by atoms with Crippen molar-refractivity contribution in [2.24, 2.45) is 0 Å². The summed E-state index contributed by atoms with van der Waals surface area (Å²) in [6.07, 6.45) is 7.53. The lowest BCUT2D eigenvalue weighted by atomic mass is 10.2. The molecule has 0 amide bonds. The van der Waals surface area contributed by atoms with Crippen molar-refractivity contribution < 1.29 is 4.39 Å². The van der Waals surface area contributed by atoms with Crippen LogP contribution < -0.4 is 0 Å². The summed E-state index contributed by atoms with van der Waals surface area (Å²) in [5, 5.41) is 0. The largest absolute Gasteiger partial charge is 0.337 e. The Morgan fingerprint density at radius 3 is 2.81 bits per heavy atom. The molecule has 0 aliphatic heterocycles. The molecule has 2 heterocycles. The van der Waals surface area contributed by atoms with Gasteiger partial charge in [0, 0.05) is 25.5 Å². The van der Waals surface area contributed by atoms with E-state index in [1.807, 2.05) is 27.7 Å². The van der Waals surface area contributed by atoms with Crippen LogP contribution in [0.4, 0.5) is 4.39 Å². The van der Waals surface area contributed by atoms with E-state index >= 15 is 0 Å². The van der Waals surface area contributed by atoms with Gasteiger partial charge >= 0.3 is 0 Å². The molecule has 0 saturated heterocycles. The summed E-state index contributed by atoms with van der Waals surface area (Å²) in [7, 11) is 0. The summed E-state index contributed by atoms with van der Waals surface area (Å²) in [5.74, 6) is 0.714. The van der Waals surface area contributed by atoms with Gasteiger partial charge in [0.05, 0.1) is 17.7 Å². The molecule has 0 fully saturated rings. The molecule has 0 radical (unpaired) electrons. The van der Waals surface area contributed by atoms with Crippen LogP contribution in [0.25, 0.3) is 11.0 Å². The first-order chi connectivity index (χ1) is 10.3. The van der Waals surface area contributed by atoms with E-state index in [-0.39, 0.29) is 11.7 Å². The Bertz CT molecular complexity index is 721. The van der Waals surface area contributed by atoms with Crippen molar-refractivity contribution in [3.05, 3.63) is 48.6 Å². The monoisotopic (exact) mass is 306 g/mol. The molecule has 0 N–H and O–H groups in total. The number of benzene rings is 1. The number of fused-ring (bicyclic) bond motifs is 1. The Hall–Kier alpha value is -1.88. The Morgan fingerprint density at radius 2 is 2.05 bits per heavy atom. The first kappa shape index (κ1) is 14.1. The third-order valence-corrected chi connectivity index (χ3v) is 3.77. The summed E-state index contributed by atoms with van der Waals surface area (Å²) >= 11 is 5.93. The fourth-order valence-corrected chi connectivity index (χ4v) is 2.70. The molecular formula is C15H16ClFN4. The second kappa shape index (κ2) is 6.26. The molecule has 0 aliphatic carbocycles. The molecule has 21 heavy (non-hydrogen) atoms. The molecule has 110 valence electrons. The van der Waals surface area contributed by atoms with Crippen molar-refractivity contribution in [2.75, 3.05) is 0 Å². The topological polar surface area (TPSA) is 35.6 Å². The Morgan fingerprint density at radius 1 is 1.19 bits per heavy atom. The van der Waals surface area contributed by atoms with E-state index < -0.39 is 0 Å². The number of rotatable bonds is 6. The molecule has 3 rings (SSSR count). The van der Waals surface area contributed by atoms with Crippen molar-refractivity contribution in [1.82, 2.24) is 19.1 Å². The SMILES string of the molecule is Fc1cccc2c1nc(CCl)n2CCCCn1ccnc1. The van der Waals surface area contributed by atoms with Gasteiger partial charge < -0.3 is 9.13 Å². The zero-order valence-corrected chi connectivity index (χ0v) is 12.3. The normalized spacial score (nSPS) is 11.3. The molecule has 0 saturated carbocycles. The van der Waals surface area contributed by atoms with Gasteiger partial charge in [-0.25, -0.2) is 14.4 Å². The molecule has 0 atom stereocenters. The number of aryl methyl sites for hydroxylation is 2. The lowest BCUT2D eigenvalue weighted by Crippen LogP contribution is -2.04. The summed E-state index contributed by atoms with van der Waals surface area (Å²) in [6, 6.07) is 5.02. The second-order valence-electron chi connectivity index (χ2n) is 4.93. The Labute approximate surface area is 127 Å². The van der Waals surface area contributed by atoms with Gasteiger partial charge in [0.25, 0.3) is 0 Å². The first-order valence-electron chi connectivity index (χ1n) is 6.95. The fraction of sp³-hybridized carbons (Fsp3) is 0.333. The number of unbranched alkanes of at least 4 members (excludes halogenated alkanes) is 1. The van der Waals surface area contributed by atoms with Crippen LogP contribution in [-0.2, 0) is 19.0 Å². The van der Waals surface area contributed by atoms with Crippen LogP contribution >= 0.6 is 11.6 Å². The Balaban J connectivity index is 1.72. The van der Waals surface area contributed by atoms with E-state index in [0.717, 1.165) is 37.3 Å². The maximum Gasteiger partial charge on any atom is 0.151 e. The van der Waals surface area contributed by atoms with Crippen molar-refractivity contribution >= 4 is 22.6 Å². The van der Waals surface area contributed by atoms with Crippen LogP contribution in [0.1, 0.15) is 18.7 Å². The van der Waals surface area contributed by atoms with Gasteiger partial charge in [0.1, 0.15) is 11.3 Å². The number of para-hydroxylation sites is 1. The zero-order chi connectivity index (χ0) is 14.7. The number of halogens is 2. The number of nitrogens with zero attached hydrogens (tertiary/aromatic N) is 4. The van der Waals surface area contributed by atoms with Gasteiger partial charge in [-0.3, -0.25) is 0 Å². The number of alkyl halides is 1. The predicted octanol–water partition coefficient (Wildman–Crippen LogP) is 3.59. The van der Waals surface area contributed by atoms with E-state index in [2.05, 4.69) is 9.97 Å². The maximum atomic E-state index is 13.8. The molecule has 6 heteroatoms. The van der Waals surface area contributed by atoms with Crippen LogP contribution in [0.2, 0.25) is 0 Å². The average molecular weight is 307 g/mol. The molecular weight excluding hydrogens is 291 g/mol. The molecule has 4 nitrogen and oxygen atoms in total. The number of hydrogen-bond acceptors (Lipinski definition) is 2. The van der Waals surface area contributed by atoms with E-state index in [0.29, 0.717) is 5.52 Å². The van der Waals surface area contributed by atoms with Crippen LogP contribution in [-0.4, -0.2) is 19.1 Å². The third-order valence-electron chi connectivity index (χ3n) is 3.54. The van der Waals surface area contributed by atoms with Crippen molar-refractivity contribution in [2.45, 2.75) is 31.8 Å². The minimum Gasteiger partial charge on any atom is -0.337 e. The van der Waals surface area contributed by atoms with Crippen molar-refractivity contribution in [1.29, 1.82) is 0 Å². The summed E-state index contributed by atoms with van der Waals surface area (Å²) < 4.78 is 17.8. The quantitative estimate of drug-likeness (QED) is 0.515. The number of imidazole rings is 2. The van der Waals surface area contributed by atoms with E-state index in [4.69, 9.17) is 11.6 Å². The molecule has 0 aliphatic rings. The second-order valence-corrected chi connectivity index (χ2v) is 5.20. The first-order valence-corrected chi connectivity index (χ1v) is 7.48. The van der Waals surface area contributed by atoms with E-state index in [9.17, 15) is 4.39 Å². The van der Waals surface area contributed by atoms with Crippen LogP contribution in [0.3, 0.4) is 0 Å². The molecule has 0 unspecified atom stereocenters. The lowest BCUT2D eigenvalue weighted by molar-refractivity contribution is 0.552. The van der Waals surface area contributed by atoms with Crippen LogP contribution in [0.5, 0.6) is 0 Å². The number of hydrogen-bond donors (Lipinski definition) is 0. The highest BCUT2D eigenvalue weighted by Crippen LogP contribution is 2.21. The highest BCUT2D eigenvalue weighted by atomic mass is 35.5. The number of aromatic nitrogens is 4. The van der Waals surface area contributed by atoms with Gasteiger partial charge in [0.2, 0.25) is 0 Å². The lowest BCUT2D eigenvalue weighted by Gasteiger charge is -2.08. The zero-order valence-electron chi connectivity index (χ0n) is 11.5. The van der Waals surface area contributed by atoms with Gasteiger partial charge in [0.15, 0.2) is 5.82 Å². The van der Waals surface area contributed by atoms with Gasteiger partial charge in [-0.15, -0.1) is 11.6 Å². The smallest absolute Gasteiger partial charge is 0.151 e. The van der Waals surface area contributed by atoms with Crippen LogP contribution in [0, 0.1) is 5.82 Å². The minimum atomic E-state index is -0.295. The summed E-state index contributed by atoms with van der Waals surface area (Å²) in [6.45, 7) is 1.72. The standard InChI is InChI=1S/C15H16ClFN4/c16-10-14-19-15-12(17)4-3-5-13(15)21(14)8-2-1-7-20-9-6-18-11-20/h3-6,9,11H,1-2,7-8,10H2. The van der Waals surface area contributed by atoms with Crippen molar-refractivity contribution in [3.8, 4) is 0 Å². The summed E-state index contributed by atoms with van der Waals surface area (Å²) in [5.41, 5.74) is 1.22. The van der Waals surface area contributed by atoms with Gasteiger partial charge in [-0.2, -0.15) is 0 Å². The third kappa shape index (κ3) is 2.93. The van der Waals surface area contributed by atoms with E-state index in [1.54, 1.807) is 12.3 Å². The van der Waals surface area contributed by atoms with Gasteiger partial charge in [-0.1, -0.05) is 6.07 Å². The van der Waals surface area contributed by atoms with Gasteiger partial charge in [-0.05, 0) is 25.0 Å². The van der Waals surface area contributed by atoms with Crippen LogP contribution in [0.15, 0.2) is 36.9 Å².